The number of rotatable bonds is 3. The Kier molecular flexibility index (Phi) is 4.09. The van der Waals surface area contributed by atoms with Crippen LogP contribution in [0.5, 0.6) is 0 Å². The average molecular weight is 310 g/mol. The second-order valence-corrected chi connectivity index (χ2v) is 5.66. The van der Waals surface area contributed by atoms with Gasteiger partial charge in [0.2, 0.25) is 3.83 Å². The summed E-state index contributed by atoms with van der Waals surface area (Å²) in [4.78, 5) is 4.45. The van der Waals surface area contributed by atoms with Crippen molar-refractivity contribution in [2.45, 2.75) is 33.6 Å². The van der Waals surface area contributed by atoms with Gasteiger partial charge in [0, 0.05) is 28.5 Å². The summed E-state index contributed by atoms with van der Waals surface area (Å²) in [7, 11) is 0. The summed E-state index contributed by atoms with van der Waals surface area (Å²) >= 11 is 3.71. The fraction of sp³-hybridized carbons (Fsp3) is 0.778. The number of hydrogen-bond acceptors (Lipinski definition) is 3. The first-order chi connectivity index (χ1) is 6.02. The SMILES string of the molecule is CC(C)C(c1nc(I)ns1)C(C)C. The van der Waals surface area contributed by atoms with E-state index >= 15 is 0 Å². The highest BCUT2D eigenvalue weighted by molar-refractivity contribution is 14.1. The Balaban J connectivity index is 2.88. The van der Waals surface area contributed by atoms with Crippen LogP contribution in [0.1, 0.15) is 38.6 Å². The van der Waals surface area contributed by atoms with E-state index in [9.17, 15) is 0 Å². The third-order valence-electron chi connectivity index (χ3n) is 2.14. The van der Waals surface area contributed by atoms with Crippen molar-refractivity contribution in [1.82, 2.24) is 9.36 Å². The van der Waals surface area contributed by atoms with Gasteiger partial charge in [-0.2, -0.15) is 4.37 Å². The molecule has 0 aliphatic carbocycles. The third kappa shape index (κ3) is 2.87. The molecule has 0 N–H and O–H groups in total. The smallest absolute Gasteiger partial charge is 0.203 e. The first-order valence-electron chi connectivity index (χ1n) is 4.51. The van der Waals surface area contributed by atoms with Crippen LogP contribution in [0.2, 0.25) is 0 Å². The Hall–Kier alpha value is 0.290. The molecule has 0 amide bonds. The minimum Gasteiger partial charge on any atom is -0.215 e. The summed E-state index contributed by atoms with van der Waals surface area (Å²) in [6.07, 6.45) is 0. The summed E-state index contributed by atoms with van der Waals surface area (Å²) in [6.45, 7) is 9.00. The van der Waals surface area contributed by atoms with E-state index in [0.717, 1.165) is 3.83 Å². The van der Waals surface area contributed by atoms with E-state index < -0.39 is 0 Å². The van der Waals surface area contributed by atoms with E-state index in [1.807, 2.05) is 0 Å². The first kappa shape index (κ1) is 11.4. The Bertz CT molecular complexity index is 262. The first-order valence-corrected chi connectivity index (χ1v) is 6.36. The van der Waals surface area contributed by atoms with Gasteiger partial charge in [-0.3, -0.25) is 0 Å². The van der Waals surface area contributed by atoms with Crippen molar-refractivity contribution in [1.29, 1.82) is 0 Å². The van der Waals surface area contributed by atoms with Gasteiger partial charge in [-0.15, -0.1) is 0 Å². The van der Waals surface area contributed by atoms with Gasteiger partial charge in [0.25, 0.3) is 0 Å². The number of nitrogens with zero attached hydrogens (tertiary/aromatic N) is 2. The Morgan fingerprint density at radius 2 is 1.69 bits per heavy atom. The second kappa shape index (κ2) is 4.68. The number of hydrogen-bond donors (Lipinski definition) is 0. The largest absolute Gasteiger partial charge is 0.215 e. The molecule has 0 fully saturated rings. The minimum atomic E-state index is 0.556. The monoisotopic (exact) mass is 310 g/mol. The fourth-order valence-corrected chi connectivity index (χ4v) is 3.41. The standard InChI is InChI=1S/C9H15IN2S/c1-5(2)7(6(3)4)8-11-9(10)12-13-8/h5-7H,1-4H3. The van der Waals surface area contributed by atoms with Crippen LogP contribution in [0.15, 0.2) is 0 Å². The molecule has 0 saturated carbocycles. The molecule has 1 aromatic heterocycles. The maximum absolute atomic E-state index is 4.45. The third-order valence-corrected chi connectivity index (χ3v) is 3.76. The fourth-order valence-electron chi connectivity index (χ4n) is 1.69. The molecule has 1 heterocycles. The predicted molar refractivity (Wildman–Crippen MR) is 65.0 cm³/mol. The van der Waals surface area contributed by atoms with E-state index in [2.05, 4.69) is 59.6 Å². The molecule has 1 aromatic rings. The van der Waals surface area contributed by atoms with Crippen LogP contribution >= 0.6 is 34.1 Å². The van der Waals surface area contributed by atoms with Crippen molar-refractivity contribution in [3.63, 3.8) is 0 Å². The molecule has 74 valence electrons. The molecule has 0 atom stereocenters. The van der Waals surface area contributed by atoms with Crippen LogP contribution in [0.4, 0.5) is 0 Å². The van der Waals surface area contributed by atoms with Crippen LogP contribution in [0.25, 0.3) is 0 Å². The average Bonchev–Trinajstić information content (AvgIpc) is 2.34. The molecule has 4 heteroatoms. The molecule has 0 aromatic carbocycles. The lowest BCUT2D eigenvalue weighted by Crippen LogP contribution is -2.13. The zero-order chi connectivity index (χ0) is 10.0. The summed E-state index contributed by atoms with van der Waals surface area (Å²) in [6, 6.07) is 0. The second-order valence-electron chi connectivity index (χ2n) is 3.92. The van der Waals surface area contributed by atoms with Gasteiger partial charge in [-0.25, -0.2) is 4.98 Å². The lowest BCUT2D eigenvalue weighted by atomic mass is 9.86. The molecule has 2 nitrogen and oxygen atoms in total. The van der Waals surface area contributed by atoms with Crippen molar-refractivity contribution >= 4 is 34.1 Å². The van der Waals surface area contributed by atoms with Crippen molar-refractivity contribution in [2.75, 3.05) is 0 Å². The van der Waals surface area contributed by atoms with Crippen molar-refractivity contribution in [2.24, 2.45) is 11.8 Å². The zero-order valence-electron chi connectivity index (χ0n) is 8.41. The van der Waals surface area contributed by atoms with Crippen molar-refractivity contribution in [3.8, 4) is 0 Å². The van der Waals surface area contributed by atoms with Crippen molar-refractivity contribution < 1.29 is 0 Å². The topological polar surface area (TPSA) is 25.8 Å². The van der Waals surface area contributed by atoms with E-state index in [0.29, 0.717) is 17.8 Å². The molecular weight excluding hydrogens is 295 g/mol. The van der Waals surface area contributed by atoms with Gasteiger partial charge in [0.1, 0.15) is 5.01 Å². The van der Waals surface area contributed by atoms with Crippen LogP contribution in [0.3, 0.4) is 0 Å². The van der Waals surface area contributed by atoms with Crippen LogP contribution in [-0.4, -0.2) is 9.36 Å². The summed E-state index contributed by atoms with van der Waals surface area (Å²) in [5.74, 6) is 1.84. The highest BCUT2D eigenvalue weighted by Crippen LogP contribution is 2.32. The normalized spacial score (nSPS) is 12.0. The van der Waals surface area contributed by atoms with E-state index in [1.54, 1.807) is 11.5 Å². The molecule has 0 bridgehead atoms. The minimum absolute atomic E-state index is 0.556. The molecule has 13 heavy (non-hydrogen) atoms. The molecule has 0 aliphatic rings. The highest BCUT2D eigenvalue weighted by atomic mass is 127. The number of halogens is 1. The Labute approximate surface area is 97.5 Å². The molecule has 0 unspecified atom stereocenters. The summed E-state index contributed by atoms with van der Waals surface area (Å²) < 4.78 is 5.10. The Morgan fingerprint density at radius 1 is 1.15 bits per heavy atom. The maximum atomic E-state index is 4.45. The number of aromatic nitrogens is 2. The van der Waals surface area contributed by atoms with Crippen LogP contribution in [0, 0.1) is 15.7 Å². The quantitative estimate of drug-likeness (QED) is 0.798. The van der Waals surface area contributed by atoms with Gasteiger partial charge in [0.15, 0.2) is 0 Å². The van der Waals surface area contributed by atoms with Crippen molar-refractivity contribution in [3.05, 3.63) is 8.84 Å². The molecule has 1 rings (SSSR count). The van der Waals surface area contributed by atoms with Crippen LogP contribution < -0.4 is 0 Å². The molecule has 0 spiro atoms. The molecular formula is C9H15IN2S. The van der Waals surface area contributed by atoms with Gasteiger partial charge in [0.05, 0.1) is 0 Å². The predicted octanol–water partition coefficient (Wildman–Crippen LogP) is 3.54. The van der Waals surface area contributed by atoms with E-state index in [-0.39, 0.29) is 0 Å². The van der Waals surface area contributed by atoms with E-state index in [1.165, 1.54) is 5.01 Å². The van der Waals surface area contributed by atoms with Crippen LogP contribution in [-0.2, 0) is 0 Å². The Morgan fingerprint density at radius 3 is 2.00 bits per heavy atom. The zero-order valence-corrected chi connectivity index (χ0v) is 11.4. The van der Waals surface area contributed by atoms with Gasteiger partial charge >= 0.3 is 0 Å². The highest BCUT2D eigenvalue weighted by Gasteiger charge is 2.23. The van der Waals surface area contributed by atoms with Gasteiger partial charge in [-0.1, -0.05) is 27.7 Å². The lowest BCUT2D eigenvalue weighted by molar-refractivity contribution is 0.386. The summed E-state index contributed by atoms with van der Waals surface area (Å²) in [5.41, 5.74) is 0. The van der Waals surface area contributed by atoms with E-state index in [4.69, 9.17) is 0 Å². The molecule has 0 aliphatic heterocycles. The summed E-state index contributed by atoms with van der Waals surface area (Å²) in [5, 5.41) is 1.19. The molecule has 0 radical (unpaired) electrons. The maximum Gasteiger partial charge on any atom is 0.203 e. The van der Waals surface area contributed by atoms with Gasteiger partial charge in [-0.05, 0) is 23.4 Å². The van der Waals surface area contributed by atoms with Gasteiger partial charge < -0.3 is 0 Å². The lowest BCUT2D eigenvalue weighted by Gasteiger charge is -2.21. The molecule has 0 saturated heterocycles.